The molecule has 0 aromatic heterocycles. The summed E-state index contributed by atoms with van der Waals surface area (Å²) in [7, 11) is 1.67. The molecule has 0 bridgehead atoms. The predicted octanol–water partition coefficient (Wildman–Crippen LogP) is 1.65. The number of carbonyl (C=O) groups excluding carboxylic acids is 1. The fourth-order valence-corrected chi connectivity index (χ4v) is 2.93. The van der Waals surface area contributed by atoms with E-state index in [-0.39, 0.29) is 12.1 Å². The molecule has 1 N–H and O–H groups in total. The van der Waals surface area contributed by atoms with Crippen molar-refractivity contribution in [1.29, 1.82) is 0 Å². The number of hydrogen-bond acceptors (Lipinski definition) is 5. The van der Waals surface area contributed by atoms with Crippen LogP contribution in [0.3, 0.4) is 0 Å². The molecule has 116 valence electrons. The van der Waals surface area contributed by atoms with Gasteiger partial charge >= 0.3 is 5.97 Å². The van der Waals surface area contributed by atoms with E-state index >= 15 is 0 Å². The van der Waals surface area contributed by atoms with Gasteiger partial charge in [-0.3, -0.25) is 10.1 Å². The van der Waals surface area contributed by atoms with Gasteiger partial charge < -0.3 is 14.2 Å². The summed E-state index contributed by atoms with van der Waals surface area (Å²) in [5.74, 6) is -0.105. The molecule has 0 aliphatic heterocycles. The van der Waals surface area contributed by atoms with Gasteiger partial charge in [-0.2, -0.15) is 0 Å². The molecular formula is C15H27NO4. The third-order valence-electron chi connectivity index (χ3n) is 4.07. The van der Waals surface area contributed by atoms with Crippen LogP contribution in [0.15, 0.2) is 0 Å². The molecule has 2 rings (SSSR count). The van der Waals surface area contributed by atoms with Crippen LogP contribution in [0.4, 0.5) is 0 Å². The lowest BCUT2D eigenvalue weighted by molar-refractivity contribution is -0.156. The van der Waals surface area contributed by atoms with E-state index in [0.717, 1.165) is 32.1 Å². The molecule has 20 heavy (non-hydrogen) atoms. The number of ether oxygens (including phenoxy) is 3. The van der Waals surface area contributed by atoms with Gasteiger partial charge in [0.2, 0.25) is 0 Å². The molecule has 2 atom stereocenters. The molecule has 0 amide bonds. The summed E-state index contributed by atoms with van der Waals surface area (Å²) in [6, 6.07) is 0.483. The maximum absolute atomic E-state index is 12.4. The van der Waals surface area contributed by atoms with Gasteiger partial charge in [0.1, 0.15) is 5.54 Å². The first-order valence-corrected chi connectivity index (χ1v) is 7.75. The monoisotopic (exact) mass is 285 g/mol. The SMILES string of the molecule is CCOC(=O)C1(NC2CC2)CCCC(OCCOC)C1. The first-order valence-electron chi connectivity index (χ1n) is 7.75. The second-order valence-electron chi connectivity index (χ2n) is 5.80. The minimum atomic E-state index is -0.535. The molecule has 0 aromatic carbocycles. The number of carbonyl (C=O) groups is 1. The highest BCUT2D eigenvalue weighted by atomic mass is 16.5. The Bertz CT molecular complexity index is 319. The molecule has 5 heteroatoms. The van der Waals surface area contributed by atoms with Gasteiger partial charge in [0.15, 0.2) is 0 Å². The van der Waals surface area contributed by atoms with E-state index < -0.39 is 5.54 Å². The highest BCUT2D eigenvalue weighted by Gasteiger charge is 2.47. The van der Waals surface area contributed by atoms with Crippen LogP contribution in [-0.2, 0) is 19.0 Å². The predicted molar refractivity (Wildman–Crippen MR) is 75.6 cm³/mol. The largest absolute Gasteiger partial charge is 0.465 e. The van der Waals surface area contributed by atoms with Crippen LogP contribution in [0.25, 0.3) is 0 Å². The summed E-state index contributed by atoms with van der Waals surface area (Å²) in [4.78, 5) is 12.4. The van der Waals surface area contributed by atoms with Crippen LogP contribution in [0.5, 0.6) is 0 Å². The molecule has 0 heterocycles. The molecule has 2 aliphatic carbocycles. The van der Waals surface area contributed by atoms with E-state index in [2.05, 4.69) is 5.32 Å². The van der Waals surface area contributed by atoms with Crippen molar-refractivity contribution in [2.24, 2.45) is 0 Å². The number of esters is 1. The van der Waals surface area contributed by atoms with Gasteiger partial charge in [-0.25, -0.2) is 0 Å². The van der Waals surface area contributed by atoms with E-state index in [1.807, 2.05) is 6.92 Å². The van der Waals surface area contributed by atoms with Crippen molar-refractivity contribution in [3.8, 4) is 0 Å². The molecule has 5 nitrogen and oxygen atoms in total. The topological polar surface area (TPSA) is 56.8 Å². The van der Waals surface area contributed by atoms with E-state index in [1.165, 1.54) is 0 Å². The van der Waals surface area contributed by atoms with Gasteiger partial charge in [-0.15, -0.1) is 0 Å². The maximum Gasteiger partial charge on any atom is 0.326 e. The zero-order chi connectivity index (χ0) is 14.4. The van der Waals surface area contributed by atoms with Gasteiger partial charge in [0.05, 0.1) is 25.9 Å². The molecule has 2 fully saturated rings. The van der Waals surface area contributed by atoms with E-state index in [0.29, 0.717) is 32.3 Å². The maximum atomic E-state index is 12.4. The minimum absolute atomic E-state index is 0.105. The third kappa shape index (κ3) is 4.17. The van der Waals surface area contributed by atoms with E-state index in [4.69, 9.17) is 14.2 Å². The summed E-state index contributed by atoms with van der Waals surface area (Å²) < 4.78 is 16.2. The fourth-order valence-electron chi connectivity index (χ4n) is 2.93. The van der Waals surface area contributed by atoms with Crippen molar-refractivity contribution in [3.05, 3.63) is 0 Å². The van der Waals surface area contributed by atoms with E-state index in [1.54, 1.807) is 7.11 Å². The zero-order valence-electron chi connectivity index (χ0n) is 12.7. The Kier molecular flexibility index (Phi) is 5.81. The second kappa shape index (κ2) is 7.38. The van der Waals surface area contributed by atoms with Crippen LogP contribution in [0.2, 0.25) is 0 Å². The average Bonchev–Trinajstić information content (AvgIpc) is 3.23. The van der Waals surface area contributed by atoms with E-state index in [9.17, 15) is 4.79 Å². The van der Waals surface area contributed by atoms with Crippen molar-refractivity contribution >= 4 is 5.97 Å². The Morgan fingerprint density at radius 2 is 2.10 bits per heavy atom. The molecule has 0 radical (unpaired) electrons. The minimum Gasteiger partial charge on any atom is -0.465 e. The summed E-state index contributed by atoms with van der Waals surface area (Å²) in [5.41, 5.74) is -0.535. The van der Waals surface area contributed by atoms with Crippen LogP contribution in [-0.4, -0.2) is 50.6 Å². The smallest absolute Gasteiger partial charge is 0.326 e. The Morgan fingerprint density at radius 3 is 2.75 bits per heavy atom. The Hall–Kier alpha value is -0.650. The molecule has 0 aromatic rings. The van der Waals surface area contributed by atoms with Crippen molar-refractivity contribution in [3.63, 3.8) is 0 Å². The summed E-state index contributed by atoms with van der Waals surface area (Å²) >= 11 is 0. The highest BCUT2D eigenvalue weighted by Crippen LogP contribution is 2.35. The lowest BCUT2D eigenvalue weighted by Crippen LogP contribution is -2.57. The lowest BCUT2D eigenvalue weighted by atomic mass is 9.79. The van der Waals surface area contributed by atoms with Crippen molar-refractivity contribution in [1.82, 2.24) is 5.32 Å². The fraction of sp³-hybridized carbons (Fsp3) is 0.933. The van der Waals surface area contributed by atoms with Gasteiger partial charge in [-0.1, -0.05) is 0 Å². The quantitative estimate of drug-likeness (QED) is 0.543. The molecule has 2 saturated carbocycles. The van der Waals surface area contributed by atoms with Crippen molar-refractivity contribution in [2.75, 3.05) is 26.9 Å². The molecular weight excluding hydrogens is 258 g/mol. The zero-order valence-corrected chi connectivity index (χ0v) is 12.7. The normalized spacial score (nSPS) is 30.2. The summed E-state index contributed by atoms with van der Waals surface area (Å²) in [6.07, 6.45) is 6.02. The van der Waals surface area contributed by atoms with Crippen LogP contribution in [0.1, 0.15) is 45.4 Å². The number of hydrogen-bond donors (Lipinski definition) is 1. The van der Waals surface area contributed by atoms with Gasteiger partial charge in [-0.05, 0) is 39.0 Å². The number of nitrogens with one attached hydrogen (secondary N) is 1. The van der Waals surface area contributed by atoms with Gasteiger partial charge in [0.25, 0.3) is 0 Å². The Balaban J connectivity index is 1.95. The summed E-state index contributed by atoms with van der Waals surface area (Å²) in [5, 5.41) is 3.53. The molecule has 0 saturated heterocycles. The first-order chi connectivity index (χ1) is 9.70. The highest BCUT2D eigenvalue weighted by molar-refractivity contribution is 5.81. The lowest BCUT2D eigenvalue weighted by Gasteiger charge is -2.39. The van der Waals surface area contributed by atoms with Crippen molar-refractivity contribution in [2.45, 2.75) is 63.1 Å². The number of rotatable bonds is 8. The molecule has 2 aliphatic rings. The molecule has 2 unspecified atom stereocenters. The average molecular weight is 285 g/mol. The van der Waals surface area contributed by atoms with Crippen LogP contribution >= 0.6 is 0 Å². The molecule has 0 spiro atoms. The second-order valence-corrected chi connectivity index (χ2v) is 5.80. The van der Waals surface area contributed by atoms with Crippen LogP contribution < -0.4 is 5.32 Å². The Morgan fingerprint density at radius 1 is 1.30 bits per heavy atom. The van der Waals surface area contributed by atoms with Crippen molar-refractivity contribution < 1.29 is 19.0 Å². The first kappa shape index (κ1) is 15.7. The number of methoxy groups -OCH3 is 1. The Labute approximate surface area is 121 Å². The third-order valence-corrected chi connectivity index (χ3v) is 4.07. The van der Waals surface area contributed by atoms with Crippen LogP contribution in [0, 0.1) is 0 Å². The summed E-state index contributed by atoms with van der Waals surface area (Å²) in [6.45, 7) is 3.47. The standard InChI is InChI=1S/C15H27NO4/c1-3-19-14(17)15(16-12-6-7-12)8-4-5-13(11-15)20-10-9-18-2/h12-13,16H,3-11H2,1-2H3. The van der Waals surface area contributed by atoms with Gasteiger partial charge in [0, 0.05) is 19.6 Å².